The molecule has 3 heterocycles. The normalized spacial score (nSPS) is 15.1. The molecule has 0 saturated carbocycles. The zero-order valence-corrected chi connectivity index (χ0v) is 17.8. The predicted octanol–water partition coefficient (Wildman–Crippen LogP) is 3.85. The first kappa shape index (κ1) is 20.5. The van der Waals surface area contributed by atoms with Gasteiger partial charge in [0.2, 0.25) is 5.91 Å². The maximum atomic E-state index is 13.5. The number of aromatic nitrogens is 1. The van der Waals surface area contributed by atoms with Crippen molar-refractivity contribution in [2.75, 3.05) is 24.6 Å². The molecule has 1 aromatic heterocycles. The lowest BCUT2D eigenvalue weighted by Crippen LogP contribution is -2.47. The first-order valence-electron chi connectivity index (χ1n) is 10.2. The minimum Gasteiger partial charge on any atom is -0.480 e. The number of ether oxygens (including phenoxy) is 1. The van der Waals surface area contributed by atoms with Crippen molar-refractivity contribution in [1.29, 1.82) is 0 Å². The van der Waals surface area contributed by atoms with Crippen LogP contribution in [0.1, 0.15) is 11.1 Å². The fraction of sp³-hybridized carbons (Fsp3) is 0.208. The summed E-state index contributed by atoms with van der Waals surface area (Å²) in [6.45, 7) is 0.849. The summed E-state index contributed by atoms with van der Waals surface area (Å²) in [4.78, 5) is 33.1. The van der Waals surface area contributed by atoms with Crippen LogP contribution < -0.4 is 9.64 Å². The smallest absolute Gasteiger partial charge is 0.266 e. The summed E-state index contributed by atoms with van der Waals surface area (Å²) in [6, 6.07) is 14.2. The van der Waals surface area contributed by atoms with E-state index in [-0.39, 0.29) is 30.0 Å². The molecule has 6 nitrogen and oxygen atoms in total. The molecule has 2 aromatic carbocycles. The van der Waals surface area contributed by atoms with E-state index in [0.29, 0.717) is 35.8 Å². The van der Waals surface area contributed by atoms with Crippen molar-refractivity contribution in [3.8, 4) is 16.9 Å². The number of anilines is 1. The fourth-order valence-corrected chi connectivity index (χ4v) is 4.20. The number of fused-ring (bicyclic) bond motifs is 2. The van der Waals surface area contributed by atoms with Gasteiger partial charge in [-0.2, -0.15) is 0 Å². The van der Waals surface area contributed by atoms with E-state index in [1.54, 1.807) is 23.2 Å². The lowest BCUT2D eigenvalue weighted by Gasteiger charge is -2.33. The summed E-state index contributed by atoms with van der Waals surface area (Å²) in [6.07, 6.45) is 2.34. The Morgan fingerprint density at radius 3 is 2.75 bits per heavy atom. The van der Waals surface area contributed by atoms with Crippen molar-refractivity contribution >= 4 is 29.2 Å². The number of hydrogen-bond donors (Lipinski definition) is 0. The van der Waals surface area contributed by atoms with Crippen LogP contribution in [0.25, 0.3) is 11.1 Å². The number of rotatable bonds is 3. The summed E-state index contributed by atoms with van der Waals surface area (Å²) in [5.74, 6) is -0.290. The SMILES string of the molecule is O=C(CN1C(=O)COc2cc(-c3ccc(F)c(Cl)c3)cnc21)N1CCc2ccccc2C1. The summed E-state index contributed by atoms with van der Waals surface area (Å²) in [5, 5.41) is 0.00615. The topological polar surface area (TPSA) is 62.7 Å². The Morgan fingerprint density at radius 1 is 1.12 bits per heavy atom. The van der Waals surface area contributed by atoms with Crippen molar-refractivity contribution in [3.05, 3.63) is 76.7 Å². The third kappa shape index (κ3) is 3.80. The van der Waals surface area contributed by atoms with Gasteiger partial charge in [0.25, 0.3) is 5.91 Å². The van der Waals surface area contributed by atoms with Gasteiger partial charge in [-0.3, -0.25) is 14.5 Å². The third-order valence-electron chi connectivity index (χ3n) is 5.77. The van der Waals surface area contributed by atoms with Crippen LogP contribution in [0.5, 0.6) is 5.75 Å². The zero-order valence-electron chi connectivity index (χ0n) is 17.1. The second-order valence-electron chi connectivity index (χ2n) is 7.78. The molecular formula is C24H19ClFN3O3. The minimum absolute atomic E-state index is 0.00615. The van der Waals surface area contributed by atoms with Gasteiger partial charge in [0.1, 0.15) is 12.4 Å². The highest BCUT2D eigenvalue weighted by atomic mass is 35.5. The Labute approximate surface area is 189 Å². The highest BCUT2D eigenvalue weighted by Crippen LogP contribution is 2.35. The molecule has 0 bridgehead atoms. The zero-order chi connectivity index (χ0) is 22.2. The van der Waals surface area contributed by atoms with Gasteiger partial charge in [-0.15, -0.1) is 0 Å². The van der Waals surface area contributed by atoms with Crippen LogP contribution in [0.3, 0.4) is 0 Å². The van der Waals surface area contributed by atoms with Crippen molar-refractivity contribution in [1.82, 2.24) is 9.88 Å². The summed E-state index contributed by atoms with van der Waals surface area (Å²) < 4.78 is 19.1. The lowest BCUT2D eigenvalue weighted by atomic mass is 10.00. The Balaban J connectivity index is 1.37. The van der Waals surface area contributed by atoms with E-state index in [0.717, 1.165) is 12.0 Å². The molecule has 5 rings (SSSR count). The Kier molecular flexibility index (Phi) is 5.27. The molecule has 0 radical (unpaired) electrons. The monoisotopic (exact) mass is 451 g/mol. The van der Waals surface area contributed by atoms with Crippen molar-refractivity contribution in [3.63, 3.8) is 0 Å². The molecule has 0 saturated heterocycles. The van der Waals surface area contributed by atoms with Crippen LogP contribution in [-0.2, 0) is 22.6 Å². The van der Waals surface area contributed by atoms with Crippen LogP contribution in [-0.4, -0.2) is 41.4 Å². The lowest BCUT2D eigenvalue weighted by molar-refractivity contribution is -0.132. The predicted molar refractivity (Wildman–Crippen MR) is 118 cm³/mol. The van der Waals surface area contributed by atoms with Crippen molar-refractivity contribution in [2.24, 2.45) is 0 Å². The number of carbonyl (C=O) groups excluding carboxylic acids is 2. The average molecular weight is 452 g/mol. The van der Waals surface area contributed by atoms with E-state index >= 15 is 0 Å². The molecular weight excluding hydrogens is 433 g/mol. The largest absolute Gasteiger partial charge is 0.480 e. The van der Waals surface area contributed by atoms with Gasteiger partial charge in [0.05, 0.1) is 5.02 Å². The molecule has 8 heteroatoms. The van der Waals surface area contributed by atoms with E-state index in [4.69, 9.17) is 16.3 Å². The van der Waals surface area contributed by atoms with E-state index in [1.165, 1.54) is 22.6 Å². The molecule has 2 amide bonds. The maximum absolute atomic E-state index is 13.5. The summed E-state index contributed by atoms with van der Waals surface area (Å²) in [5.41, 5.74) is 3.71. The highest BCUT2D eigenvalue weighted by molar-refractivity contribution is 6.31. The number of amides is 2. The van der Waals surface area contributed by atoms with Gasteiger partial charge >= 0.3 is 0 Å². The molecule has 0 aliphatic carbocycles. The average Bonchev–Trinajstić information content (AvgIpc) is 2.82. The second kappa shape index (κ2) is 8.24. The molecule has 3 aromatic rings. The molecule has 2 aliphatic heterocycles. The number of halogens is 2. The van der Waals surface area contributed by atoms with Gasteiger partial charge in [-0.25, -0.2) is 9.37 Å². The third-order valence-corrected chi connectivity index (χ3v) is 6.06. The van der Waals surface area contributed by atoms with E-state index < -0.39 is 5.82 Å². The first-order valence-corrected chi connectivity index (χ1v) is 10.6. The van der Waals surface area contributed by atoms with Crippen LogP contribution >= 0.6 is 11.6 Å². The Bertz CT molecular complexity index is 1230. The number of carbonyl (C=O) groups is 2. The molecule has 0 atom stereocenters. The molecule has 162 valence electrons. The maximum Gasteiger partial charge on any atom is 0.266 e. The van der Waals surface area contributed by atoms with Crippen LogP contribution in [0, 0.1) is 5.82 Å². The van der Waals surface area contributed by atoms with E-state index in [1.807, 2.05) is 18.2 Å². The first-order chi connectivity index (χ1) is 15.5. The molecule has 0 unspecified atom stereocenters. The quantitative estimate of drug-likeness (QED) is 0.606. The van der Waals surface area contributed by atoms with Gasteiger partial charge < -0.3 is 9.64 Å². The van der Waals surface area contributed by atoms with Crippen LogP contribution in [0.4, 0.5) is 10.2 Å². The Hall–Kier alpha value is -3.45. The summed E-state index contributed by atoms with van der Waals surface area (Å²) >= 11 is 5.89. The number of benzene rings is 2. The summed E-state index contributed by atoms with van der Waals surface area (Å²) in [7, 11) is 0. The van der Waals surface area contributed by atoms with Gasteiger partial charge in [0, 0.05) is 24.8 Å². The van der Waals surface area contributed by atoms with Gasteiger partial charge in [-0.05, 0) is 41.3 Å². The second-order valence-corrected chi connectivity index (χ2v) is 8.18. The fourth-order valence-electron chi connectivity index (χ4n) is 4.02. The molecule has 0 N–H and O–H groups in total. The van der Waals surface area contributed by atoms with Crippen molar-refractivity contribution in [2.45, 2.75) is 13.0 Å². The van der Waals surface area contributed by atoms with Crippen LogP contribution in [0.2, 0.25) is 5.02 Å². The van der Waals surface area contributed by atoms with E-state index in [2.05, 4.69) is 11.1 Å². The van der Waals surface area contributed by atoms with Gasteiger partial charge in [-0.1, -0.05) is 41.9 Å². The highest BCUT2D eigenvalue weighted by Gasteiger charge is 2.31. The number of hydrogen-bond acceptors (Lipinski definition) is 4. The number of nitrogens with zero attached hydrogens (tertiary/aromatic N) is 3. The van der Waals surface area contributed by atoms with E-state index in [9.17, 15) is 14.0 Å². The van der Waals surface area contributed by atoms with Crippen LogP contribution in [0.15, 0.2) is 54.7 Å². The molecule has 0 spiro atoms. The molecule has 32 heavy (non-hydrogen) atoms. The molecule has 0 fully saturated rings. The van der Waals surface area contributed by atoms with Crippen molar-refractivity contribution < 1.29 is 18.7 Å². The van der Waals surface area contributed by atoms with Gasteiger partial charge in [0.15, 0.2) is 18.2 Å². The minimum atomic E-state index is -0.506. The number of pyridine rings is 1. The Morgan fingerprint density at radius 2 is 1.94 bits per heavy atom. The standard InChI is InChI=1S/C24H19ClFN3O3/c25-19-9-16(5-6-20(19)26)18-10-21-24(27-11-18)29(23(31)14-32-21)13-22(30)28-8-7-15-3-1-2-4-17(15)12-28/h1-6,9-11H,7-8,12-14H2. The molecule has 2 aliphatic rings.